The molecule has 0 aliphatic heterocycles. The predicted molar refractivity (Wildman–Crippen MR) is 358 cm³/mol. The molecule has 0 rings (SSSR count). The van der Waals surface area contributed by atoms with E-state index in [0.29, 0.717) is 79.3 Å². The van der Waals surface area contributed by atoms with Gasteiger partial charge in [-0.3, -0.25) is 19.2 Å². The summed E-state index contributed by atoms with van der Waals surface area (Å²) in [6.45, 7) is 30.9. The summed E-state index contributed by atoms with van der Waals surface area (Å²) >= 11 is 0. The summed E-state index contributed by atoms with van der Waals surface area (Å²) in [5.41, 5.74) is 0. The molecule has 0 aliphatic carbocycles. The molecular weight excluding hydrogens is 1300 g/mol. The maximum Gasteiger partial charge on any atom is 4.00 e. The van der Waals surface area contributed by atoms with Gasteiger partial charge in [-0.1, -0.05) is 160 Å². The minimum Gasteiger partial charge on any atom is -0.550 e. The predicted octanol–water partition coefficient (Wildman–Crippen LogP) is 8.93. The van der Waals surface area contributed by atoms with Crippen LogP contribution in [-0.2, 0) is 117 Å². The number of carbonyl (C=O) groups is 8. The van der Waals surface area contributed by atoms with Crippen molar-refractivity contribution in [3.05, 3.63) is 0 Å². The molecule has 0 aromatic heterocycles. The molecule has 0 heterocycles. The Kier molecular flexibility index (Phi) is 75.2. The number of rotatable bonds is 68. The maximum atomic E-state index is 12.0. The van der Waals surface area contributed by atoms with Crippen molar-refractivity contribution in [3.63, 3.8) is 0 Å². The molecule has 0 amide bonds. The van der Waals surface area contributed by atoms with Gasteiger partial charge in [0.25, 0.3) is 0 Å². The molecular formula is C72H132O24Ti. The van der Waals surface area contributed by atoms with E-state index in [9.17, 15) is 58.8 Å². The normalized spacial score (nSPS) is 11.5. The number of hydrogen-bond donors (Lipinski definition) is 0. The third-order valence-corrected chi connectivity index (χ3v) is 14.0. The van der Waals surface area contributed by atoms with Crippen molar-refractivity contribution in [2.24, 2.45) is 0 Å². The van der Waals surface area contributed by atoms with E-state index in [1.54, 1.807) is 0 Å². The molecule has 0 N–H and O–H groups in total. The van der Waals surface area contributed by atoms with Gasteiger partial charge in [0.2, 0.25) is 0 Å². The molecule has 0 atom stereocenters. The van der Waals surface area contributed by atoms with Crippen molar-refractivity contribution >= 4 is 47.0 Å². The van der Waals surface area contributed by atoms with Gasteiger partial charge in [-0.15, -0.1) is 0 Å². The molecule has 0 aromatic carbocycles. The van der Waals surface area contributed by atoms with Crippen LogP contribution in [0.25, 0.3) is 0 Å². The monoisotopic (exact) mass is 1430 g/mol. The Hall–Kier alpha value is -3.21. The smallest absolute Gasteiger partial charge is 0.550 e. The molecule has 0 spiro atoms. The van der Waals surface area contributed by atoms with Gasteiger partial charge in [0, 0.05) is 76.0 Å². The van der Waals surface area contributed by atoms with Crippen molar-refractivity contribution < 1.29 is 137 Å². The number of ether oxygens (including phenoxy) is 12. The summed E-state index contributed by atoms with van der Waals surface area (Å²) in [5, 5.41) is 42.7. The number of hydrogen-bond acceptors (Lipinski definition) is 24. The standard InChI is InChI=1S/4C18H34O6.Ti/c4*1-4-7-10-22-15-18(23-11-8-5-2,24-12-9-6-3)14-16(19)13-17(20)21;/h4*4-15H2,1-3H3,(H,20,21);/q;;;;+4/p-4. The Bertz CT molecular complexity index is 1600. The number of ketones is 4. The second-order valence-electron chi connectivity index (χ2n) is 23.9. The minimum absolute atomic E-state index is 0. The molecule has 97 heavy (non-hydrogen) atoms. The van der Waals surface area contributed by atoms with Crippen LogP contribution in [0.5, 0.6) is 0 Å². The van der Waals surface area contributed by atoms with Gasteiger partial charge in [-0.05, 0) is 77.0 Å². The van der Waals surface area contributed by atoms with Crippen LogP contribution in [-0.4, -0.2) is 176 Å². The van der Waals surface area contributed by atoms with Crippen molar-refractivity contribution in [2.75, 3.05) is 106 Å². The molecule has 568 valence electrons. The molecule has 25 heteroatoms. The zero-order valence-corrected chi connectivity index (χ0v) is 63.8. The van der Waals surface area contributed by atoms with Crippen LogP contribution in [0.4, 0.5) is 0 Å². The Labute approximate surface area is 599 Å². The van der Waals surface area contributed by atoms with E-state index in [4.69, 9.17) is 56.8 Å². The average molecular weight is 1430 g/mol. The number of unbranched alkanes of at least 4 members (excludes halogenated alkanes) is 12. The molecule has 0 unspecified atom stereocenters. The van der Waals surface area contributed by atoms with Gasteiger partial charge in [0.15, 0.2) is 23.1 Å². The van der Waals surface area contributed by atoms with Crippen LogP contribution in [0.3, 0.4) is 0 Å². The van der Waals surface area contributed by atoms with Crippen LogP contribution >= 0.6 is 0 Å². The molecule has 0 saturated carbocycles. The van der Waals surface area contributed by atoms with Crippen molar-refractivity contribution in [2.45, 2.75) is 312 Å². The first-order valence-corrected chi connectivity index (χ1v) is 36.3. The summed E-state index contributed by atoms with van der Waals surface area (Å²) in [4.78, 5) is 90.6. The molecule has 0 aliphatic rings. The van der Waals surface area contributed by atoms with Crippen LogP contribution in [0, 0.1) is 0 Å². The second kappa shape index (κ2) is 71.2. The third-order valence-electron chi connectivity index (χ3n) is 14.0. The number of carbonyl (C=O) groups excluding carboxylic acids is 8. The molecule has 0 radical (unpaired) electrons. The van der Waals surface area contributed by atoms with Gasteiger partial charge in [-0.2, -0.15) is 0 Å². The molecule has 0 aromatic rings. The number of carboxylic acids is 4. The summed E-state index contributed by atoms with van der Waals surface area (Å²) in [6, 6.07) is 0. The Balaban J connectivity index is -0.000000386. The van der Waals surface area contributed by atoms with Gasteiger partial charge < -0.3 is 96.4 Å². The van der Waals surface area contributed by atoms with Gasteiger partial charge >= 0.3 is 21.7 Å². The molecule has 0 bridgehead atoms. The second-order valence-corrected chi connectivity index (χ2v) is 23.9. The van der Waals surface area contributed by atoms with Crippen LogP contribution < -0.4 is 20.4 Å². The number of carboxylic acid groups (broad SMARTS) is 4. The van der Waals surface area contributed by atoms with E-state index in [1.165, 1.54) is 0 Å². The summed E-state index contributed by atoms with van der Waals surface area (Å²) in [7, 11) is 0. The fourth-order valence-corrected chi connectivity index (χ4v) is 8.32. The first-order valence-electron chi connectivity index (χ1n) is 36.3. The van der Waals surface area contributed by atoms with Crippen molar-refractivity contribution in [3.8, 4) is 0 Å². The first kappa shape index (κ1) is 102. The molecule has 0 fully saturated rings. The largest absolute Gasteiger partial charge is 4.00 e. The average Bonchev–Trinajstić information content (AvgIpc) is 1.23. The van der Waals surface area contributed by atoms with Crippen molar-refractivity contribution in [1.82, 2.24) is 0 Å². The van der Waals surface area contributed by atoms with Gasteiger partial charge in [0.05, 0.1) is 78.5 Å². The topological polar surface area (TPSA) is 340 Å². The summed E-state index contributed by atoms with van der Waals surface area (Å²) < 4.78 is 69.5. The molecule has 0 saturated heterocycles. The Morgan fingerprint density at radius 2 is 0.351 bits per heavy atom. The minimum atomic E-state index is -1.39. The fourth-order valence-electron chi connectivity index (χ4n) is 8.32. The quantitative estimate of drug-likeness (QED) is 0.0237. The Morgan fingerprint density at radius 1 is 0.227 bits per heavy atom. The van der Waals surface area contributed by atoms with Crippen LogP contribution in [0.1, 0.15) is 289 Å². The molecule has 24 nitrogen and oxygen atoms in total. The summed E-state index contributed by atoms with van der Waals surface area (Å²) in [5.74, 6) is -12.2. The maximum absolute atomic E-state index is 12.0. The SMILES string of the molecule is CCCCOCC(CC(=O)CC(=O)[O-])(OCCCC)OCCCC.CCCCOCC(CC(=O)CC(=O)[O-])(OCCCC)OCCCC.CCCCOCC(CC(=O)CC(=O)[O-])(OCCCC)OCCCC.CCCCOCC(CC(=O)CC(=O)[O-])(OCCCC)OCCCC.[Ti+4]. The first-order chi connectivity index (χ1) is 46.0. The third kappa shape index (κ3) is 64.6. The number of aliphatic carboxylic acids is 4. The summed E-state index contributed by atoms with van der Waals surface area (Å²) in [6.07, 6.45) is 18.9. The zero-order chi connectivity index (χ0) is 73.0. The Morgan fingerprint density at radius 3 is 0.464 bits per heavy atom. The van der Waals surface area contributed by atoms with Crippen LogP contribution in [0.15, 0.2) is 0 Å². The zero-order valence-electron chi connectivity index (χ0n) is 62.2. The van der Waals surface area contributed by atoms with Crippen LogP contribution in [0.2, 0.25) is 0 Å². The van der Waals surface area contributed by atoms with Gasteiger partial charge in [0.1, 0.15) is 49.6 Å². The number of Topliss-reactive ketones (excluding diaryl/α,β-unsaturated/α-hetero) is 4. The van der Waals surface area contributed by atoms with E-state index in [2.05, 4.69) is 27.7 Å². The van der Waals surface area contributed by atoms with E-state index < -0.39 is 95.8 Å². The van der Waals surface area contributed by atoms with E-state index in [-0.39, 0.29) is 73.8 Å². The van der Waals surface area contributed by atoms with E-state index >= 15 is 0 Å². The van der Waals surface area contributed by atoms with E-state index in [1.807, 2.05) is 55.4 Å². The van der Waals surface area contributed by atoms with Gasteiger partial charge in [-0.25, -0.2) is 0 Å². The van der Waals surface area contributed by atoms with Crippen molar-refractivity contribution in [1.29, 1.82) is 0 Å². The fraction of sp³-hybridized carbons (Fsp3) is 0.889. The van der Waals surface area contributed by atoms with E-state index in [0.717, 1.165) is 154 Å².